The van der Waals surface area contributed by atoms with Gasteiger partial charge in [0.15, 0.2) is 0 Å². The molecule has 4 heavy (non-hydrogen) atoms. The second kappa shape index (κ2) is 11.2. The summed E-state index contributed by atoms with van der Waals surface area (Å²) in [7, 11) is 0. The first-order valence-electron chi connectivity index (χ1n) is 0.816. The van der Waals surface area contributed by atoms with Crippen LogP contribution in [-0.2, 0) is 16.8 Å². The van der Waals surface area contributed by atoms with Crippen LogP contribution in [0.1, 0.15) is 0 Å². The average molecular weight is 100 g/mol. The predicted octanol–water partition coefficient (Wildman–Crippen LogP) is 1.00. The minimum atomic E-state index is 0. The number of allylic oxidation sites excluding steroid dienone is 1. The van der Waals surface area contributed by atoms with E-state index in [1.165, 1.54) is 6.08 Å². The van der Waals surface area contributed by atoms with Gasteiger partial charge in [0.25, 0.3) is 0 Å². The molecule has 0 spiro atoms. The van der Waals surface area contributed by atoms with Crippen LogP contribution in [0, 0.1) is 6.92 Å². The van der Waals surface area contributed by atoms with Crippen molar-refractivity contribution in [1.29, 1.82) is 0 Å². The van der Waals surface area contributed by atoms with Gasteiger partial charge in [-0.1, -0.05) is 0 Å². The number of hydrogen-bond donors (Lipinski definition) is 0. The van der Waals surface area contributed by atoms with Gasteiger partial charge in [0.05, 0.1) is 0 Å². The molecule has 0 N–H and O–H groups in total. The Morgan fingerprint density at radius 2 is 1.75 bits per heavy atom. The number of hydrogen-bond acceptors (Lipinski definition) is 0. The smallest absolute Gasteiger partial charge is 0.245 e. The topological polar surface area (TPSA) is 0 Å². The van der Waals surface area contributed by atoms with Crippen molar-refractivity contribution in [2.75, 3.05) is 0 Å². The quantitative estimate of drug-likeness (QED) is 0.398. The zero-order valence-corrected chi connectivity index (χ0v) is 3.37. The second-order valence-corrected chi connectivity index (χ2v) is 0.289. The van der Waals surface area contributed by atoms with E-state index in [1.807, 2.05) is 0 Å². The van der Waals surface area contributed by atoms with Crippen molar-refractivity contribution in [3.63, 3.8) is 0 Å². The first-order chi connectivity index (χ1) is 1.41. The fourth-order valence-electron chi connectivity index (χ4n) is 0. The molecule has 0 atom stereocenters. The molecule has 0 amide bonds. The molecule has 0 heterocycles. The third-order valence-electron chi connectivity index (χ3n) is 0. The Kier molecular flexibility index (Phi) is 25.0. The van der Waals surface area contributed by atoms with Crippen LogP contribution in [0.5, 0.6) is 0 Å². The van der Waals surface area contributed by atoms with E-state index in [9.17, 15) is 0 Å². The van der Waals surface area contributed by atoms with Crippen LogP contribution in [0.15, 0.2) is 12.7 Å². The van der Waals surface area contributed by atoms with E-state index in [1.54, 1.807) is 0 Å². The molecule has 0 fully saturated rings. The molecule has 0 aromatic rings. The molecule has 0 aliphatic heterocycles. The Labute approximate surface area is 37.1 Å². The zero-order valence-electron chi connectivity index (χ0n) is 2.32. The van der Waals surface area contributed by atoms with E-state index < -0.39 is 0 Å². The van der Waals surface area contributed by atoms with Gasteiger partial charge in [0, 0.05) is 0 Å². The van der Waals surface area contributed by atoms with Gasteiger partial charge < -0.3 is 0 Å². The van der Waals surface area contributed by atoms with Crippen molar-refractivity contribution in [3.05, 3.63) is 19.6 Å². The standard InChI is InChI=1S/C3H5.Co/c1-3-2;/h3H,1-2H2;/q-1;+2. The van der Waals surface area contributed by atoms with Crippen molar-refractivity contribution in [2.45, 2.75) is 0 Å². The third-order valence-corrected chi connectivity index (χ3v) is 0. The van der Waals surface area contributed by atoms with Gasteiger partial charge in [0.1, 0.15) is 0 Å². The van der Waals surface area contributed by atoms with Crippen molar-refractivity contribution in [1.82, 2.24) is 0 Å². The second-order valence-electron chi connectivity index (χ2n) is 0.289. The summed E-state index contributed by atoms with van der Waals surface area (Å²) in [5.41, 5.74) is 0. The fourth-order valence-corrected chi connectivity index (χ4v) is 0. The summed E-state index contributed by atoms with van der Waals surface area (Å²) in [5.74, 6) is 0. The first-order valence-corrected chi connectivity index (χ1v) is 0.816. The van der Waals surface area contributed by atoms with Crippen molar-refractivity contribution < 1.29 is 16.8 Å². The van der Waals surface area contributed by atoms with Crippen LogP contribution in [0.25, 0.3) is 0 Å². The SMILES string of the molecule is C=C[CH2-].[Co+2]. The molecule has 1 radical (unpaired) electrons. The van der Waals surface area contributed by atoms with Gasteiger partial charge in [0.2, 0.25) is 0 Å². The van der Waals surface area contributed by atoms with Gasteiger partial charge in [-0.05, 0) is 0 Å². The van der Waals surface area contributed by atoms with Crippen LogP contribution in [0.3, 0.4) is 0 Å². The van der Waals surface area contributed by atoms with Crippen LogP contribution < -0.4 is 0 Å². The van der Waals surface area contributed by atoms with E-state index >= 15 is 0 Å². The molecule has 0 saturated carbocycles. The Morgan fingerprint density at radius 3 is 1.75 bits per heavy atom. The molecular weight excluding hydrogens is 95.0 g/mol. The minimum Gasteiger partial charge on any atom is -0.245 e. The zero-order chi connectivity index (χ0) is 2.71. The van der Waals surface area contributed by atoms with Crippen molar-refractivity contribution in [2.24, 2.45) is 0 Å². The van der Waals surface area contributed by atoms with Crippen molar-refractivity contribution in [3.8, 4) is 0 Å². The Hall–Kier alpha value is 0.116. The maximum atomic E-state index is 3.25. The van der Waals surface area contributed by atoms with Gasteiger partial charge in [-0.15, -0.1) is 0 Å². The summed E-state index contributed by atoms with van der Waals surface area (Å²) in [5, 5.41) is 0. The Balaban J connectivity index is 0. The fraction of sp³-hybridized carbons (Fsp3) is 0. The molecule has 0 saturated heterocycles. The molecule has 0 aromatic carbocycles. The normalized spacial score (nSPS) is 3.00. The average Bonchev–Trinajstić information content (AvgIpc) is 0.918. The molecule has 0 rings (SSSR count). The Bertz CT molecular complexity index is 10.8. The summed E-state index contributed by atoms with van der Waals surface area (Å²) < 4.78 is 0. The predicted molar refractivity (Wildman–Crippen MR) is 15.6 cm³/mol. The van der Waals surface area contributed by atoms with Gasteiger partial charge in [-0.25, -0.2) is 19.6 Å². The minimum absolute atomic E-state index is 0. The first kappa shape index (κ1) is 8.93. The van der Waals surface area contributed by atoms with Gasteiger partial charge in [-0.3, -0.25) is 0 Å². The van der Waals surface area contributed by atoms with E-state index in [0.29, 0.717) is 0 Å². The van der Waals surface area contributed by atoms with Crippen LogP contribution in [0.2, 0.25) is 0 Å². The van der Waals surface area contributed by atoms with E-state index in [2.05, 4.69) is 13.5 Å². The molecule has 0 bridgehead atoms. The monoisotopic (exact) mass is 100.0 g/mol. The summed E-state index contributed by atoms with van der Waals surface area (Å²) in [4.78, 5) is 0. The summed E-state index contributed by atoms with van der Waals surface area (Å²) in [6.45, 7) is 6.50. The molecule has 0 unspecified atom stereocenters. The molecule has 1 heteroatoms. The molecule has 0 nitrogen and oxygen atoms in total. The summed E-state index contributed by atoms with van der Waals surface area (Å²) in [6.07, 6.45) is 1.50. The summed E-state index contributed by atoms with van der Waals surface area (Å²) in [6, 6.07) is 0. The molecule has 25 valence electrons. The number of rotatable bonds is 0. The molecule has 0 aromatic heterocycles. The maximum absolute atomic E-state index is 3.25. The molecular formula is C3H5Co+. The van der Waals surface area contributed by atoms with Gasteiger partial charge >= 0.3 is 16.8 Å². The Morgan fingerprint density at radius 1 is 1.75 bits per heavy atom. The van der Waals surface area contributed by atoms with Crippen LogP contribution >= 0.6 is 0 Å². The summed E-state index contributed by atoms with van der Waals surface area (Å²) >= 11 is 0. The van der Waals surface area contributed by atoms with E-state index in [0.717, 1.165) is 0 Å². The molecule has 0 aliphatic rings. The molecule has 0 aliphatic carbocycles. The van der Waals surface area contributed by atoms with Crippen LogP contribution in [0.4, 0.5) is 0 Å². The van der Waals surface area contributed by atoms with Crippen molar-refractivity contribution >= 4 is 0 Å². The van der Waals surface area contributed by atoms with Gasteiger partial charge in [-0.2, -0.15) is 0 Å². The van der Waals surface area contributed by atoms with E-state index in [-0.39, 0.29) is 16.8 Å². The van der Waals surface area contributed by atoms with Crippen LogP contribution in [-0.4, -0.2) is 0 Å². The maximum Gasteiger partial charge on any atom is 2.00 e. The largest absolute Gasteiger partial charge is 2.00 e. The third kappa shape index (κ3) is 194. The van der Waals surface area contributed by atoms with E-state index in [4.69, 9.17) is 0 Å².